The van der Waals surface area contributed by atoms with E-state index in [4.69, 9.17) is 4.98 Å². The summed E-state index contributed by atoms with van der Waals surface area (Å²) in [6.07, 6.45) is 0. The fraction of sp³-hybridized carbons (Fsp3) is 0.286. The van der Waals surface area contributed by atoms with Gasteiger partial charge in [0.1, 0.15) is 0 Å². The van der Waals surface area contributed by atoms with Crippen LogP contribution in [0.2, 0.25) is 0 Å². The number of thiophene rings is 1. The quantitative estimate of drug-likeness (QED) is 0.684. The van der Waals surface area contributed by atoms with Crippen LogP contribution in [-0.4, -0.2) is 52.8 Å². The Hall–Kier alpha value is -2.73. The molecule has 0 bridgehead atoms. The number of hydrogen-bond donors (Lipinski definition) is 0. The van der Waals surface area contributed by atoms with Gasteiger partial charge in [0.25, 0.3) is 5.91 Å². The zero-order valence-corrected chi connectivity index (χ0v) is 16.3. The second-order valence-corrected chi connectivity index (χ2v) is 7.80. The van der Waals surface area contributed by atoms with Gasteiger partial charge in [-0.25, -0.2) is 4.98 Å². The summed E-state index contributed by atoms with van der Waals surface area (Å²) in [6, 6.07) is 11.9. The van der Waals surface area contributed by atoms with Gasteiger partial charge in [0.15, 0.2) is 0 Å². The van der Waals surface area contributed by atoms with Crippen LogP contribution in [0.4, 0.5) is 0 Å². The molecule has 1 fully saturated rings. The van der Waals surface area contributed by atoms with Crippen LogP contribution < -0.4 is 0 Å². The number of benzene rings is 1. The molecule has 1 saturated heterocycles. The van der Waals surface area contributed by atoms with Gasteiger partial charge < -0.3 is 9.80 Å². The number of pyridine rings is 1. The Morgan fingerprint density at radius 3 is 2.44 bits per heavy atom. The van der Waals surface area contributed by atoms with Crippen molar-refractivity contribution in [3.05, 3.63) is 52.9 Å². The molecule has 138 valence electrons. The van der Waals surface area contributed by atoms with E-state index < -0.39 is 0 Å². The third-order valence-corrected chi connectivity index (χ3v) is 5.87. The van der Waals surface area contributed by atoms with Crippen LogP contribution in [0.25, 0.3) is 21.5 Å². The second kappa shape index (κ2) is 7.12. The van der Waals surface area contributed by atoms with Gasteiger partial charge in [0.2, 0.25) is 5.91 Å². The van der Waals surface area contributed by atoms with E-state index >= 15 is 0 Å². The lowest BCUT2D eigenvalue weighted by Crippen LogP contribution is -2.50. The van der Waals surface area contributed by atoms with Gasteiger partial charge >= 0.3 is 0 Å². The molecule has 0 atom stereocenters. The van der Waals surface area contributed by atoms with Crippen molar-refractivity contribution in [2.75, 3.05) is 26.2 Å². The summed E-state index contributed by atoms with van der Waals surface area (Å²) in [5, 5.41) is 2.90. The van der Waals surface area contributed by atoms with E-state index in [-0.39, 0.29) is 11.8 Å². The summed E-state index contributed by atoms with van der Waals surface area (Å²) in [7, 11) is 0. The van der Waals surface area contributed by atoms with Crippen LogP contribution >= 0.6 is 11.3 Å². The van der Waals surface area contributed by atoms with Crippen LogP contribution in [0.3, 0.4) is 0 Å². The number of aromatic nitrogens is 1. The lowest BCUT2D eigenvalue weighted by Gasteiger charge is -2.34. The molecular formula is C21H21N3O2S. The summed E-state index contributed by atoms with van der Waals surface area (Å²) < 4.78 is 0. The molecule has 3 heterocycles. The molecule has 0 aliphatic carbocycles. The number of hydrogen-bond acceptors (Lipinski definition) is 4. The van der Waals surface area contributed by atoms with Crippen LogP contribution in [0.5, 0.6) is 0 Å². The zero-order valence-electron chi connectivity index (χ0n) is 15.4. The largest absolute Gasteiger partial charge is 0.339 e. The Morgan fingerprint density at radius 1 is 1.04 bits per heavy atom. The van der Waals surface area contributed by atoms with Crippen molar-refractivity contribution in [3.63, 3.8) is 0 Å². The van der Waals surface area contributed by atoms with Crippen molar-refractivity contribution in [2.24, 2.45) is 0 Å². The van der Waals surface area contributed by atoms with Crippen molar-refractivity contribution in [1.82, 2.24) is 14.8 Å². The minimum absolute atomic E-state index is 0.00834. The topological polar surface area (TPSA) is 53.5 Å². The highest BCUT2D eigenvalue weighted by Gasteiger charge is 2.25. The number of fused-ring (bicyclic) bond motifs is 1. The van der Waals surface area contributed by atoms with Gasteiger partial charge in [-0.1, -0.05) is 17.7 Å². The summed E-state index contributed by atoms with van der Waals surface area (Å²) in [6.45, 7) is 5.88. The first kappa shape index (κ1) is 17.7. The van der Waals surface area contributed by atoms with Crippen molar-refractivity contribution < 1.29 is 9.59 Å². The Balaban J connectivity index is 1.74. The third kappa shape index (κ3) is 3.45. The number of aryl methyl sites for hydroxylation is 1. The first-order valence-electron chi connectivity index (χ1n) is 9.03. The molecule has 3 aromatic rings. The molecule has 2 amide bonds. The van der Waals surface area contributed by atoms with Crippen molar-refractivity contribution >= 4 is 34.1 Å². The average Bonchev–Trinajstić information content (AvgIpc) is 3.21. The molecule has 0 saturated carbocycles. The van der Waals surface area contributed by atoms with E-state index in [1.807, 2.05) is 53.6 Å². The molecule has 4 rings (SSSR count). The molecule has 2 aromatic heterocycles. The summed E-state index contributed by atoms with van der Waals surface area (Å²) in [5.41, 5.74) is 3.44. The molecule has 6 heteroatoms. The number of amides is 2. The van der Waals surface area contributed by atoms with Crippen molar-refractivity contribution in [1.29, 1.82) is 0 Å². The van der Waals surface area contributed by atoms with Gasteiger partial charge in [-0.05, 0) is 36.6 Å². The Bertz CT molecular complexity index is 1010. The van der Waals surface area contributed by atoms with Crippen LogP contribution in [0.1, 0.15) is 22.8 Å². The number of piperazine rings is 1. The predicted octanol–water partition coefficient (Wildman–Crippen LogP) is 3.58. The summed E-state index contributed by atoms with van der Waals surface area (Å²) in [4.78, 5) is 34.3. The van der Waals surface area contributed by atoms with Gasteiger partial charge in [-0.3, -0.25) is 9.59 Å². The first-order valence-corrected chi connectivity index (χ1v) is 9.91. The summed E-state index contributed by atoms with van der Waals surface area (Å²) >= 11 is 1.62. The highest BCUT2D eigenvalue weighted by atomic mass is 32.1. The molecule has 1 aliphatic heterocycles. The molecule has 27 heavy (non-hydrogen) atoms. The zero-order chi connectivity index (χ0) is 19.0. The highest BCUT2D eigenvalue weighted by Crippen LogP contribution is 2.29. The van der Waals surface area contributed by atoms with Crippen LogP contribution in [0.15, 0.2) is 41.8 Å². The Morgan fingerprint density at radius 2 is 1.78 bits per heavy atom. The molecular weight excluding hydrogens is 358 g/mol. The first-order chi connectivity index (χ1) is 13.0. The Kier molecular flexibility index (Phi) is 4.66. The predicted molar refractivity (Wildman–Crippen MR) is 108 cm³/mol. The van der Waals surface area contributed by atoms with E-state index in [2.05, 4.69) is 0 Å². The number of carbonyl (C=O) groups is 2. The molecule has 0 spiro atoms. The van der Waals surface area contributed by atoms with Gasteiger partial charge in [0, 0.05) is 38.5 Å². The summed E-state index contributed by atoms with van der Waals surface area (Å²) in [5.74, 6) is 0.0704. The molecule has 1 aliphatic rings. The highest BCUT2D eigenvalue weighted by molar-refractivity contribution is 7.13. The van der Waals surface area contributed by atoms with E-state index in [0.717, 1.165) is 27.0 Å². The maximum atomic E-state index is 13.3. The molecule has 5 nitrogen and oxygen atoms in total. The average molecular weight is 379 g/mol. The standard InChI is InChI=1S/C21H21N3O2S/c1-14-5-6-18-16(12-14)17(13-19(22-18)20-4-3-11-27-20)21(26)24-9-7-23(8-10-24)15(2)25/h3-6,11-13H,7-10H2,1-2H3. The number of nitrogens with zero attached hydrogens (tertiary/aromatic N) is 3. The molecule has 0 radical (unpaired) electrons. The Labute approximate surface area is 162 Å². The van der Waals surface area contributed by atoms with E-state index in [0.29, 0.717) is 31.7 Å². The normalized spacial score (nSPS) is 14.6. The molecule has 0 unspecified atom stereocenters. The molecule has 1 aromatic carbocycles. The monoisotopic (exact) mass is 379 g/mol. The fourth-order valence-electron chi connectivity index (χ4n) is 3.46. The van der Waals surface area contributed by atoms with Crippen molar-refractivity contribution in [2.45, 2.75) is 13.8 Å². The van der Waals surface area contributed by atoms with Crippen LogP contribution in [0, 0.1) is 6.92 Å². The minimum atomic E-state index is 0.00834. The smallest absolute Gasteiger partial charge is 0.254 e. The molecule has 0 N–H and O–H groups in total. The SMILES string of the molecule is CC(=O)N1CCN(C(=O)c2cc(-c3cccs3)nc3ccc(C)cc23)CC1. The van der Waals surface area contributed by atoms with Crippen molar-refractivity contribution in [3.8, 4) is 10.6 Å². The van der Waals surface area contributed by atoms with Gasteiger partial charge in [-0.15, -0.1) is 11.3 Å². The van der Waals surface area contributed by atoms with Gasteiger partial charge in [-0.2, -0.15) is 0 Å². The van der Waals surface area contributed by atoms with E-state index in [1.54, 1.807) is 23.2 Å². The maximum absolute atomic E-state index is 13.3. The van der Waals surface area contributed by atoms with E-state index in [1.165, 1.54) is 0 Å². The second-order valence-electron chi connectivity index (χ2n) is 6.85. The lowest BCUT2D eigenvalue weighted by atomic mass is 10.0. The lowest BCUT2D eigenvalue weighted by molar-refractivity contribution is -0.130. The van der Waals surface area contributed by atoms with Crippen LogP contribution in [-0.2, 0) is 4.79 Å². The third-order valence-electron chi connectivity index (χ3n) is 4.98. The fourth-order valence-corrected chi connectivity index (χ4v) is 4.15. The maximum Gasteiger partial charge on any atom is 0.254 e. The minimum Gasteiger partial charge on any atom is -0.339 e. The van der Waals surface area contributed by atoms with E-state index in [9.17, 15) is 9.59 Å². The number of rotatable bonds is 2. The number of carbonyl (C=O) groups excluding carboxylic acids is 2. The van der Waals surface area contributed by atoms with Gasteiger partial charge in [0.05, 0.1) is 21.7 Å².